The topological polar surface area (TPSA) is 93.9 Å². The van der Waals surface area contributed by atoms with E-state index in [0.717, 1.165) is 59.5 Å². The zero-order chi connectivity index (χ0) is 28.4. The zero-order valence-electron chi connectivity index (χ0n) is 23.5. The quantitative estimate of drug-likeness (QED) is 0.232. The van der Waals surface area contributed by atoms with Crippen LogP contribution >= 0.6 is 11.6 Å². The summed E-state index contributed by atoms with van der Waals surface area (Å²) >= 11 is 6.54. The number of rotatable bonds is 7. The van der Waals surface area contributed by atoms with Gasteiger partial charge in [0.05, 0.1) is 28.5 Å². The van der Waals surface area contributed by atoms with Crippen molar-refractivity contribution in [3.63, 3.8) is 0 Å². The molecule has 9 nitrogen and oxygen atoms in total. The van der Waals surface area contributed by atoms with Crippen LogP contribution in [0, 0.1) is 0 Å². The molecule has 3 aromatic heterocycles. The van der Waals surface area contributed by atoms with Crippen LogP contribution in [0.25, 0.3) is 22.2 Å². The average molecular weight is 569 g/mol. The predicted molar refractivity (Wildman–Crippen MR) is 161 cm³/mol. The Morgan fingerprint density at radius 2 is 1.85 bits per heavy atom. The molecule has 0 saturated carbocycles. The van der Waals surface area contributed by atoms with Crippen molar-refractivity contribution >= 4 is 34.0 Å². The molecule has 1 N–H and O–H groups in total. The average Bonchev–Trinajstić information content (AvgIpc) is 3.47. The number of fused-ring (bicyclic) bond motifs is 1. The second kappa shape index (κ2) is 11.4. The summed E-state index contributed by atoms with van der Waals surface area (Å²) in [5.74, 6) is 1.27. The number of nitrogens with one attached hydrogen (secondary N) is 1. The Bertz CT molecular complexity index is 1640. The number of benzene rings is 2. The summed E-state index contributed by atoms with van der Waals surface area (Å²) in [6.45, 7) is 9.29. The fourth-order valence-electron chi connectivity index (χ4n) is 5.17. The molecule has 0 aliphatic carbocycles. The number of aromatic nitrogens is 6. The Morgan fingerprint density at radius 3 is 2.61 bits per heavy atom. The fraction of sp³-hybridized carbons (Fsp3) is 0.323. The Morgan fingerprint density at radius 1 is 1.00 bits per heavy atom. The van der Waals surface area contributed by atoms with Gasteiger partial charge in [0.1, 0.15) is 30.2 Å². The lowest BCUT2D eigenvalue weighted by molar-refractivity contribution is 0.0866. The van der Waals surface area contributed by atoms with Crippen molar-refractivity contribution in [2.24, 2.45) is 0 Å². The minimum absolute atomic E-state index is 0.193. The summed E-state index contributed by atoms with van der Waals surface area (Å²) in [6.07, 6.45) is 7.48. The normalized spacial score (nSPS) is 14.8. The van der Waals surface area contributed by atoms with E-state index in [-0.39, 0.29) is 5.54 Å². The summed E-state index contributed by atoms with van der Waals surface area (Å²) in [7, 11) is 0. The summed E-state index contributed by atoms with van der Waals surface area (Å²) in [5.41, 5.74) is 4.44. The number of pyridine rings is 1. The van der Waals surface area contributed by atoms with Crippen LogP contribution < -0.4 is 10.1 Å². The van der Waals surface area contributed by atoms with Crippen molar-refractivity contribution in [1.29, 1.82) is 0 Å². The number of nitrogens with zero attached hydrogens (tertiary/aromatic N) is 7. The molecule has 1 fully saturated rings. The number of ether oxygens (including phenoxy) is 1. The first kappa shape index (κ1) is 27.1. The Hall–Kier alpha value is -4.08. The molecule has 10 heteroatoms. The van der Waals surface area contributed by atoms with Gasteiger partial charge in [-0.15, -0.1) is 5.10 Å². The summed E-state index contributed by atoms with van der Waals surface area (Å²) in [6, 6.07) is 17.7. The molecule has 1 aliphatic heterocycles. The number of hydrogen-bond donors (Lipinski definition) is 1. The molecule has 210 valence electrons. The number of hydrogen-bond acceptors (Lipinski definition) is 8. The van der Waals surface area contributed by atoms with E-state index < -0.39 is 0 Å². The van der Waals surface area contributed by atoms with Crippen LogP contribution in [0.1, 0.15) is 45.3 Å². The van der Waals surface area contributed by atoms with Crippen LogP contribution in [0.3, 0.4) is 0 Å². The fourth-order valence-corrected chi connectivity index (χ4v) is 5.41. The van der Waals surface area contributed by atoms with E-state index in [9.17, 15) is 0 Å². The molecular formula is C31H33ClN8O. The molecule has 5 aromatic rings. The van der Waals surface area contributed by atoms with E-state index in [2.05, 4.69) is 68.5 Å². The van der Waals surface area contributed by atoms with Gasteiger partial charge in [0, 0.05) is 41.5 Å². The van der Waals surface area contributed by atoms with Crippen molar-refractivity contribution in [2.45, 2.75) is 51.8 Å². The van der Waals surface area contributed by atoms with Gasteiger partial charge in [-0.25, -0.2) is 14.6 Å². The van der Waals surface area contributed by atoms with Crippen molar-refractivity contribution in [3.05, 3.63) is 84.0 Å². The first-order valence-electron chi connectivity index (χ1n) is 13.8. The minimum atomic E-state index is 0.193. The number of piperidine rings is 1. The molecule has 0 amide bonds. The first-order chi connectivity index (χ1) is 19.8. The third-order valence-corrected chi connectivity index (χ3v) is 7.82. The van der Waals surface area contributed by atoms with Crippen LogP contribution in [0.15, 0.2) is 73.3 Å². The summed E-state index contributed by atoms with van der Waals surface area (Å²) < 4.78 is 7.89. The highest BCUT2D eigenvalue weighted by Gasteiger charge is 2.28. The lowest BCUT2D eigenvalue weighted by atomic mass is 9.98. The SMILES string of the molecule is CC(C)(C)N1CCC(n2cc(-c3ccc4ncnc(Nc5ccc(OCc6ccccn6)c(Cl)c5)c4c3)nn2)CC1. The smallest absolute Gasteiger partial charge is 0.141 e. The first-order valence-corrected chi connectivity index (χ1v) is 14.2. The Labute approximate surface area is 244 Å². The summed E-state index contributed by atoms with van der Waals surface area (Å²) in [4.78, 5) is 15.8. The maximum atomic E-state index is 6.54. The van der Waals surface area contributed by atoms with E-state index in [1.54, 1.807) is 12.5 Å². The molecule has 2 aromatic carbocycles. The van der Waals surface area contributed by atoms with E-state index in [1.807, 2.05) is 53.2 Å². The van der Waals surface area contributed by atoms with E-state index in [0.29, 0.717) is 29.2 Å². The van der Waals surface area contributed by atoms with Crippen LogP contribution in [0.2, 0.25) is 5.02 Å². The third kappa shape index (κ3) is 6.16. The van der Waals surface area contributed by atoms with Gasteiger partial charge in [-0.05, 0) is 76.1 Å². The van der Waals surface area contributed by atoms with Crippen molar-refractivity contribution in [1.82, 2.24) is 34.8 Å². The van der Waals surface area contributed by atoms with Gasteiger partial charge in [0.2, 0.25) is 0 Å². The van der Waals surface area contributed by atoms with Crippen molar-refractivity contribution in [3.8, 4) is 17.0 Å². The van der Waals surface area contributed by atoms with Crippen LogP contribution in [0.5, 0.6) is 5.75 Å². The molecule has 0 unspecified atom stereocenters. The highest BCUT2D eigenvalue weighted by molar-refractivity contribution is 6.32. The van der Waals surface area contributed by atoms with Crippen molar-refractivity contribution in [2.75, 3.05) is 18.4 Å². The van der Waals surface area contributed by atoms with E-state index in [1.165, 1.54) is 0 Å². The molecule has 4 heterocycles. The van der Waals surface area contributed by atoms with E-state index >= 15 is 0 Å². The Balaban J connectivity index is 1.18. The number of anilines is 2. The van der Waals surface area contributed by atoms with Gasteiger partial charge < -0.3 is 10.1 Å². The highest BCUT2D eigenvalue weighted by Crippen LogP contribution is 2.33. The lowest BCUT2D eigenvalue weighted by Crippen LogP contribution is -2.46. The molecule has 41 heavy (non-hydrogen) atoms. The molecule has 0 bridgehead atoms. The molecule has 1 aliphatic rings. The van der Waals surface area contributed by atoms with Gasteiger partial charge >= 0.3 is 0 Å². The lowest BCUT2D eigenvalue weighted by Gasteiger charge is -2.40. The molecule has 1 saturated heterocycles. The molecule has 0 radical (unpaired) electrons. The van der Waals surface area contributed by atoms with E-state index in [4.69, 9.17) is 16.3 Å². The Kier molecular flexibility index (Phi) is 7.55. The molecule has 6 rings (SSSR count). The minimum Gasteiger partial charge on any atom is -0.486 e. The molecular weight excluding hydrogens is 536 g/mol. The van der Waals surface area contributed by atoms with Crippen LogP contribution in [0.4, 0.5) is 11.5 Å². The zero-order valence-corrected chi connectivity index (χ0v) is 24.2. The second-order valence-electron chi connectivity index (χ2n) is 11.3. The van der Waals surface area contributed by atoms with Gasteiger partial charge in [-0.2, -0.15) is 0 Å². The number of halogens is 1. The second-order valence-corrected chi connectivity index (χ2v) is 11.7. The maximum absolute atomic E-state index is 6.54. The molecule has 0 spiro atoms. The van der Waals surface area contributed by atoms with Gasteiger partial charge in [0.15, 0.2) is 0 Å². The maximum Gasteiger partial charge on any atom is 0.141 e. The summed E-state index contributed by atoms with van der Waals surface area (Å²) in [5, 5.41) is 13.8. The monoisotopic (exact) mass is 568 g/mol. The largest absolute Gasteiger partial charge is 0.486 e. The standard InChI is InChI=1S/C31H33ClN8O/c1-31(2,3)39-14-11-24(12-15-39)40-18-28(37-38-40)21-7-9-27-25(16-21)30(35-20-34-27)36-22-8-10-29(26(32)17-22)41-19-23-6-4-5-13-33-23/h4-10,13,16-18,20,24H,11-12,14-15,19H2,1-3H3,(H,34,35,36). The third-order valence-electron chi connectivity index (χ3n) is 7.52. The predicted octanol–water partition coefficient (Wildman–Crippen LogP) is 6.69. The molecule has 0 atom stereocenters. The van der Waals surface area contributed by atoms with Crippen LogP contribution in [-0.4, -0.2) is 53.5 Å². The highest BCUT2D eigenvalue weighted by atomic mass is 35.5. The van der Waals surface area contributed by atoms with Gasteiger partial charge in [0.25, 0.3) is 0 Å². The van der Waals surface area contributed by atoms with Gasteiger partial charge in [-0.3, -0.25) is 9.88 Å². The van der Waals surface area contributed by atoms with Crippen LogP contribution in [-0.2, 0) is 6.61 Å². The number of likely N-dealkylation sites (tertiary alicyclic amines) is 1. The van der Waals surface area contributed by atoms with Crippen molar-refractivity contribution < 1.29 is 4.74 Å². The van der Waals surface area contributed by atoms with Gasteiger partial charge in [-0.1, -0.05) is 28.9 Å².